The number of aromatic nitrogens is 3. The number of benzene rings is 2. The molecule has 1 aromatic heterocycles. The molecule has 0 fully saturated rings. The van der Waals surface area contributed by atoms with Crippen LogP contribution in [0.25, 0.3) is 16.7 Å². The van der Waals surface area contributed by atoms with Crippen molar-refractivity contribution in [2.24, 2.45) is 0 Å². The largest absolute Gasteiger partial charge is 0.430 e. The summed E-state index contributed by atoms with van der Waals surface area (Å²) >= 11 is 5.75. The smallest absolute Gasteiger partial charge is 0.411 e. The number of carbonyl (C=O) groups excluding carboxylic acids is 1. The van der Waals surface area contributed by atoms with Crippen molar-refractivity contribution in [3.05, 3.63) is 53.6 Å². The van der Waals surface area contributed by atoms with Crippen LogP contribution in [0.3, 0.4) is 0 Å². The normalized spacial score (nSPS) is 14.7. The lowest BCUT2D eigenvalue weighted by molar-refractivity contribution is 0.0950. The van der Waals surface area contributed by atoms with E-state index in [9.17, 15) is 4.79 Å². The van der Waals surface area contributed by atoms with Gasteiger partial charge in [0.1, 0.15) is 5.52 Å². The van der Waals surface area contributed by atoms with Crippen LogP contribution >= 0.6 is 11.6 Å². The van der Waals surface area contributed by atoms with Crippen LogP contribution in [0.5, 0.6) is 0 Å². The fraction of sp³-hybridized carbons (Fsp3) is 0.235. The maximum Gasteiger partial charge on any atom is 0.411 e. The SMILES string of the molecule is CC(Cl)OC(=O)N1Cc2cccc(-n3nnc4ccccc43)c2C1. The first kappa shape index (κ1) is 15.0. The number of carbonyl (C=O) groups is 1. The highest BCUT2D eigenvalue weighted by Crippen LogP contribution is 2.30. The van der Waals surface area contributed by atoms with Crippen LogP contribution < -0.4 is 0 Å². The zero-order valence-electron chi connectivity index (χ0n) is 13.0. The lowest BCUT2D eigenvalue weighted by Gasteiger charge is -2.16. The van der Waals surface area contributed by atoms with Gasteiger partial charge in [-0.25, -0.2) is 9.48 Å². The molecule has 0 radical (unpaired) electrons. The Bertz CT molecular complexity index is 922. The standard InChI is InChI=1S/C17H15ClN4O2/c1-11(18)24-17(23)21-9-12-5-4-8-15(13(12)10-21)22-16-7-3-2-6-14(16)19-20-22/h2-8,11H,9-10H2,1H3. The van der Waals surface area contributed by atoms with E-state index in [4.69, 9.17) is 16.3 Å². The first-order valence-electron chi connectivity index (χ1n) is 7.64. The molecule has 0 aliphatic carbocycles. The van der Waals surface area contributed by atoms with Crippen molar-refractivity contribution in [2.75, 3.05) is 0 Å². The molecule has 1 aliphatic rings. The van der Waals surface area contributed by atoms with Crippen LogP contribution in [-0.2, 0) is 17.8 Å². The second-order valence-electron chi connectivity index (χ2n) is 5.69. The average Bonchev–Trinajstić information content (AvgIpc) is 3.18. The van der Waals surface area contributed by atoms with Gasteiger partial charge in [-0.05, 0) is 30.7 Å². The molecule has 7 heteroatoms. The highest BCUT2D eigenvalue weighted by Gasteiger charge is 2.28. The van der Waals surface area contributed by atoms with Crippen molar-refractivity contribution in [2.45, 2.75) is 25.6 Å². The maximum absolute atomic E-state index is 12.1. The van der Waals surface area contributed by atoms with Gasteiger partial charge in [0.15, 0.2) is 5.56 Å². The van der Waals surface area contributed by atoms with Crippen LogP contribution in [0, 0.1) is 0 Å². The molecule has 2 heterocycles. The number of hydrogen-bond donors (Lipinski definition) is 0. The third-order valence-corrected chi connectivity index (χ3v) is 4.15. The Morgan fingerprint density at radius 3 is 2.88 bits per heavy atom. The summed E-state index contributed by atoms with van der Waals surface area (Å²) in [6.07, 6.45) is -0.414. The molecular weight excluding hydrogens is 328 g/mol. The summed E-state index contributed by atoms with van der Waals surface area (Å²) in [6.45, 7) is 2.58. The first-order chi connectivity index (χ1) is 11.6. The van der Waals surface area contributed by atoms with Crippen LogP contribution in [0.4, 0.5) is 4.79 Å². The van der Waals surface area contributed by atoms with Crippen molar-refractivity contribution in [3.8, 4) is 5.69 Å². The Hall–Kier alpha value is -2.60. The zero-order chi connectivity index (χ0) is 16.7. The number of halogens is 1. The van der Waals surface area contributed by atoms with Crippen molar-refractivity contribution in [3.63, 3.8) is 0 Å². The summed E-state index contributed by atoms with van der Waals surface area (Å²) in [5.74, 6) is 0. The van der Waals surface area contributed by atoms with Gasteiger partial charge in [-0.3, -0.25) is 4.90 Å². The Morgan fingerprint density at radius 2 is 2.04 bits per heavy atom. The van der Waals surface area contributed by atoms with E-state index in [1.54, 1.807) is 11.8 Å². The minimum absolute atomic E-state index is 0.414. The van der Waals surface area contributed by atoms with Gasteiger partial charge < -0.3 is 4.74 Å². The van der Waals surface area contributed by atoms with Gasteiger partial charge in [-0.15, -0.1) is 5.10 Å². The number of hydrogen-bond acceptors (Lipinski definition) is 4. The molecule has 0 saturated heterocycles. The zero-order valence-corrected chi connectivity index (χ0v) is 13.8. The number of para-hydroxylation sites is 1. The predicted molar refractivity (Wildman–Crippen MR) is 89.9 cm³/mol. The summed E-state index contributed by atoms with van der Waals surface area (Å²) in [4.78, 5) is 13.8. The van der Waals surface area contributed by atoms with Crippen molar-refractivity contribution in [1.82, 2.24) is 19.9 Å². The molecule has 1 atom stereocenters. The molecule has 0 bridgehead atoms. The molecule has 1 amide bonds. The van der Waals surface area contributed by atoms with Crippen LogP contribution in [0.2, 0.25) is 0 Å². The molecule has 1 aliphatic heterocycles. The Labute approximate surface area is 143 Å². The molecule has 0 N–H and O–H groups in total. The Kier molecular flexibility index (Phi) is 3.61. The molecule has 0 spiro atoms. The van der Waals surface area contributed by atoms with Gasteiger partial charge in [-0.2, -0.15) is 0 Å². The fourth-order valence-electron chi connectivity index (χ4n) is 2.99. The quantitative estimate of drug-likeness (QED) is 0.669. The molecular formula is C17H15ClN4O2. The highest BCUT2D eigenvalue weighted by molar-refractivity contribution is 6.19. The van der Waals surface area contributed by atoms with E-state index >= 15 is 0 Å². The Morgan fingerprint density at radius 1 is 1.21 bits per heavy atom. The van der Waals surface area contributed by atoms with E-state index in [0.29, 0.717) is 13.1 Å². The van der Waals surface area contributed by atoms with Gasteiger partial charge >= 0.3 is 6.09 Å². The summed E-state index contributed by atoms with van der Waals surface area (Å²) in [5, 5.41) is 8.48. The van der Waals surface area contributed by atoms with E-state index in [2.05, 4.69) is 10.3 Å². The molecule has 6 nitrogen and oxygen atoms in total. The minimum atomic E-state index is -0.653. The van der Waals surface area contributed by atoms with E-state index in [-0.39, 0.29) is 0 Å². The van der Waals surface area contributed by atoms with Crippen molar-refractivity contribution in [1.29, 1.82) is 0 Å². The number of nitrogens with zero attached hydrogens (tertiary/aromatic N) is 4. The van der Waals surface area contributed by atoms with Crippen LogP contribution in [-0.4, -0.2) is 31.6 Å². The number of rotatable bonds is 2. The number of alkyl halides is 1. The van der Waals surface area contributed by atoms with Gasteiger partial charge in [0, 0.05) is 12.1 Å². The number of ether oxygens (including phenoxy) is 1. The summed E-state index contributed by atoms with van der Waals surface area (Å²) in [6, 6.07) is 13.7. The van der Waals surface area contributed by atoms with E-state index in [1.807, 2.05) is 47.1 Å². The summed E-state index contributed by atoms with van der Waals surface area (Å²) in [7, 11) is 0. The van der Waals surface area contributed by atoms with Gasteiger partial charge in [0.2, 0.25) is 0 Å². The molecule has 4 rings (SSSR count). The van der Waals surface area contributed by atoms with Crippen LogP contribution in [0.15, 0.2) is 42.5 Å². The summed E-state index contributed by atoms with van der Waals surface area (Å²) in [5.41, 5.74) is 4.16. The Balaban J connectivity index is 1.72. The van der Waals surface area contributed by atoms with E-state index < -0.39 is 11.7 Å². The van der Waals surface area contributed by atoms with Gasteiger partial charge in [0.05, 0.1) is 17.7 Å². The third kappa shape index (κ3) is 2.49. The first-order valence-corrected chi connectivity index (χ1v) is 8.08. The molecule has 24 heavy (non-hydrogen) atoms. The van der Waals surface area contributed by atoms with E-state index in [1.165, 1.54) is 0 Å². The second-order valence-corrected chi connectivity index (χ2v) is 6.30. The second kappa shape index (κ2) is 5.79. The lowest BCUT2D eigenvalue weighted by atomic mass is 10.1. The monoisotopic (exact) mass is 342 g/mol. The maximum atomic E-state index is 12.1. The van der Waals surface area contributed by atoms with Gasteiger partial charge in [-0.1, -0.05) is 41.1 Å². The fourth-order valence-corrected chi connectivity index (χ4v) is 3.07. The molecule has 0 saturated carbocycles. The molecule has 1 unspecified atom stereocenters. The molecule has 122 valence electrons. The van der Waals surface area contributed by atoms with E-state index in [0.717, 1.165) is 27.8 Å². The summed E-state index contributed by atoms with van der Waals surface area (Å²) < 4.78 is 6.90. The predicted octanol–water partition coefficient (Wildman–Crippen LogP) is 3.46. The van der Waals surface area contributed by atoms with Crippen LogP contribution in [0.1, 0.15) is 18.1 Å². The molecule has 2 aromatic carbocycles. The third-order valence-electron chi connectivity index (χ3n) is 4.06. The minimum Gasteiger partial charge on any atom is -0.430 e. The van der Waals surface area contributed by atoms with Gasteiger partial charge in [0.25, 0.3) is 0 Å². The number of fused-ring (bicyclic) bond motifs is 2. The number of amides is 1. The van der Waals surface area contributed by atoms with Crippen molar-refractivity contribution < 1.29 is 9.53 Å². The average molecular weight is 343 g/mol. The topological polar surface area (TPSA) is 60.2 Å². The highest BCUT2D eigenvalue weighted by atomic mass is 35.5. The van der Waals surface area contributed by atoms with Crippen molar-refractivity contribution >= 4 is 28.7 Å². The molecule has 3 aromatic rings. The lowest BCUT2D eigenvalue weighted by Crippen LogP contribution is -2.27.